The predicted octanol–water partition coefficient (Wildman–Crippen LogP) is 2.28. The maximum atomic E-state index is 5.67. The molecule has 1 heterocycles. The molecule has 0 saturated heterocycles. The van der Waals surface area contributed by atoms with Gasteiger partial charge in [-0.1, -0.05) is 23.8 Å². The highest BCUT2D eigenvalue weighted by molar-refractivity contribution is 5.67. The number of rotatable bonds is 1. The third-order valence-electron chi connectivity index (χ3n) is 2.35. The SMILES string of the molecule is Cc1cccc(-c2[nH]nc(N)c2C)c1. The number of H-pyrrole nitrogens is 1. The third-order valence-corrected chi connectivity index (χ3v) is 2.35. The van der Waals surface area contributed by atoms with Crippen molar-refractivity contribution in [2.75, 3.05) is 5.73 Å². The zero-order valence-corrected chi connectivity index (χ0v) is 8.33. The molecule has 0 atom stereocenters. The van der Waals surface area contributed by atoms with E-state index in [2.05, 4.69) is 29.3 Å². The molecule has 0 aliphatic heterocycles. The zero-order valence-electron chi connectivity index (χ0n) is 8.33. The highest BCUT2D eigenvalue weighted by atomic mass is 15.2. The fourth-order valence-electron chi connectivity index (χ4n) is 1.49. The highest BCUT2D eigenvalue weighted by Crippen LogP contribution is 2.24. The number of aromatic amines is 1. The van der Waals surface area contributed by atoms with Crippen molar-refractivity contribution in [2.45, 2.75) is 13.8 Å². The summed E-state index contributed by atoms with van der Waals surface area (Å²) in [4.78, 5) is 0. The predicted molar refractivity (Wildman–Crippen MR) is 57.9 cm³/mol. The normalized spacial score (nSPS) is 10.4. The summed E-state index contributed by atoms with van der Waals surface area (Å²) < 4.78 is 0. The Labute approximate surface area is 83.0 Å². The van der Waals surface area contributed by atoms with E-state index in [9.17, 15) is 0 Å². The summed E-state index contributed by atoms with van der Waals surface area (Å²) in [7, 11) is 0. The average molecular weight is 187 g/mol. The lowest BCUT2D eigenvalue weighted by Crippen LogP contribution is -1.86. The molecule has 2 aromatic rings. The zero-order chi connectivity index (χ0) is 10.1. The van der Waals surface area contributed by atoms with Gasteiger partial charge in [0.05, 0.1) is 5.69 Å². The Balaban J connectivity index is 2.55. The average Bonchev–Trinajstić information content (AvgIpc) is 2.48. The van der Waals surface area contributed by atoms with Gasteiger partial charge in [-0.05, 0) is 19.9 Å². The number of hydrogen-bond acceptors (Lipinski definition) is 2. The van der Waals surface area contributed by atoms with E-state index in [0.29, 0.717) is 5.82 Å². The summed E-state index contributed by atoms with van der Waals surface area (Å²) in [6, 6.07) is 8.26. The van der Waals surface area contributed by atoms with Crippen LogP contribution in [0.5, 0.6) is 0 Å². The molecule has 72 valence electrons. The van der Waals surface area contributed by atoms with E-state index in [1.54, 1.807) is 0 Å². The van der Waals surface area contributed by atoms with Gasteiger partial charge in [-0.2, -0.15) is 5.10 Å². The van der Waals surface area contributed by atoms with Gasteiger partial charge in [0.25, 0.3) is 0 Å². The van der Waals surface area contributed by atoms with E-state index in [4.69, 9.17) is 5.73 Å². The molecular weight excluding hydrogens is 174 g/mol. The van der Waals surface area contributed by atoms with Crippen LogP contribution >= 0.6 is 0 Å². The minimum Gasteiger partial charge on any atom is -0.382 e. The van der Waals surface area contributed by atoms with Crippen molar-refractivity contribution in [3.8, 4) is 11.3 Å². The Morgan fingerprint density at radius 3 is 2.64 bits per heavy atom. The van der Waals surface area contributed by atoms with Crippen LogP contribution in [-0.4, -0.2) is 10.2 Å². The van der Waals surface area contributed by atoms with E-state index >= 15 is 0 Å². The number of aromatic nitrogens is 2. The summed E-state index contributed by atoms with van der Waals surface area (Å²) >= 11 is 0. The molecule has 3 heteroatoms. The molecule has 0 saturated carbocycles. The smallest absolute Gasteiger partial charge is 0.148 e. The third kappa shape index (κ3) is 1.37. The summed E-state index contributed by atoms with van der Waals surface area (Å²) in [5, 5.41) is 6.92. The van der Waals surface area contributed by atoms with Gasteiger partial charge in [-0.15, -0.1) is 0 Å². The van der Waals surface area contributed by atoms with E-state index < -0.39 is 0 Å². The number of hydrogen-bond donors (Lipinski definition) is 2. The molecule has 14 heavy (non-hydrogen) atoms. The van der Waals surface area contributed by atoms with Crippen LogP contribution in [0, 0.1) is 13.8 Å². The molecule has 0 bridgehead atoms. The van der Waals surface area contributed by atoms with Crippen LogP contribution in [0.15, 0.2) is 24.3 Å². The van der Waals surface area contributed by atoms with Gasteiger partial charge in [0, 0.05) is 11.1 Å². The van der Waals surface area contributed by atoms with Gasteiger partial charge in [-0.3, -0.25) is 5.10 Å². The maximum Gasteiger partial charge on any atom is 0.148 e. The van der Waals surface area contributed by atoms with Crippen LogP contribution in [0.1, 0.15) is 11.1 Å². The second-order valence-electron chi connectivity index (χ2n) is 3.48. The number of nitrogens with two attached hydrogens (primary N) is 1. The Morgan fingerprint density at radius 1 is 1.29 bits per heavy atom. The lowest BCUT2D eigenvalue weighted by atomic mass is 10.1. The number of benzene rings is 1. The van der Waals surface area contributed by atoms with Crippen LogP contribution in [0.4, 0.5) is 5.82 Å². The second kappa shape index (κ2) is 3.18. The summed E-state index contributed by atoms with van der Waals surface area (Å²) in [5.41, 5.74) is 10.1. The Bertz CT molecular complexity index is 457. The van der Waals surface area contributed by atoms with Crippen molar-refractivity contribution in [1.29, 1.82) is 0 Å². The summed E-state index contributed by atoms with van der Waals surface area (Å²) in [6.07, 6.45) is 0. The van der Waals surface area contributed by atoms with Gasteiger partial charge in [0.1, 0.15) is 5.82 Å². The fraction of sp³-hybridized carbons (Fsp3) is 0.182. The molecule has 0 aliphatic rings. The molecule has 3 N–H and O–H groups in total. The summed E-state index contributed by atoms with van der Waals surface area (Å²) in [6.45, 7) is 4.04. The highest BCUT2D eigenvalue weighted by Gasteiger charge is 2.07. The van der Waals surface area contributed by atoms with Crippen molar-refractivity contribution in [3.63, 3.8) is 0 Å². The van der Waals surface area contributed by atoms with Gasteiger partial charge in [0.15, 0.2) is 0 Å². The first-order chi connectivity index (χ1) is 6.68. The van der Waals surface area contributed by atoms with Crippen molar-refractivity contribution >= 4 is 5.82 Å². The molecule has 3 nitrogen and oxygen atoms in total. The molecule has 1 aromatic heterocycles. The molecule has 0 aliphatic carbocycles. The van der Waals surface area contributed by atoms with E-state index in [0.717, 1.165) is 16.8 Å². The van der Waals surface area contributed by atoms with Gasteiger partial charge >= 0.3 is 0 Å². The standard InChI is InChI=1S/C11H13N3/c1-7-4-3-5-9(6-7)10-8(2)11(12)14-13-10/h3-6H,1-2H3,(H3,12,13,14). The number of anilines is 1. The number of nitrogen functional groups attached to an aromatic ring is 1. The Morgan fingerprint density at radius 2 is 2.07 bits per heavy atom. The molecule has 0 fully saturated rings. The lowest BCUT2D eigenvalue weighted by Gasteiger charge is -2.00. The molecule has 1 aromatic carbocycles. The van der Waals surface area contributed by atoms with Crippen LogP contribution in [0.25, 0.3) is 11.3 Å². The fourth-order valence-corrected chi connectivity index (χ4v) is 1.49. The van der Waals surface area contributed by atoms with Gasteiger partial charge < -0.3 is 5.73 Å². The van der Waals surface area contributed by atoms with E-state index in [-0.39, 0.29) is 0 Å². The van der Waals surface area contributed by atoms with Crippen LogP contribution in [0.3, 0.4) is 0 Å². The number of nitrogens with zero attached hydrogens (tertiary/aromatic N) is 1. The van der Waals surface area contributed by atoms with Crippen LogP contribution in [0.2, 0.25) is 0 Å². The second-order valence-corrected chi connectivity index (χ2v) is 3.48. The molecule has 0 amide bonds. The van der Waals surface area contributed by atoms with Crippen molar-refractivity contribution < 1.29 is 0 Å². The Kier molecular flexibility index (Phi) is 2.00. The first-order valence-electron chi connectivity index (χ1n) is 4.56. The molecule has 2 rings (SSSR count). The molecule has 0 spiro atoms. The monoisotopic (exact) mass is 187 g/mol. The lowest BCUT2D eigenvalue weighted by molar-refractivity contribution is 1.10. The van der Waals surface area contributed by atoms with Crippen LogP contribution < -0.4 is 5.73 Å². The van der Waals surface area contributed by atoms with Gasteiger partial charge in [0.2, 0.25) is 0 Å². The molecule has 0 unspecified atom stereocenters. The number of aryl methyl sites for hydroxylation is 1. The molecular formula is C11H13N3. The molecule has 0 radical (unpaired) electrons. The van der Waals surface area contributed by atoms with Crippen molar-refractivity contribution in [2.24, 2.45) is 0 Å². The van der Waals surface area contributed by atoms with Crippen molar-refractivity contribution in [3.05, 3.63) is 35.4 Å². The summed E-state index contributed by atoms with van der Waals surface area (Å²) in [5.74, 6) is 0.571. The van der Waals surface area contributed by atoms with Crippen molar-refractivity contribution in [1.82, 2.24) is 10.2 Å². The Hall–Kier alpha value is -1.77. The van der Waals surface area contributed by atoms with Gasteiger partial charge in [-0.25, -0.2) is 0 Å². The maximum absolute atomic E-state index is 5.67. The van der Waals surface area contributed by atoms with E-state index in [1.807, 2.05) is 19.1 Å². The first-order valence-corrected chi connectivity index (χ1v) is 4.56. The van der Waals surface area contributed by atoms with Crippen LogP contribution in [-0.2, 0) is 0 Å². The van der Waals surface area contributed by atoms with E-state index in [1.165, 1.54) is 5.56 Å². The largest absolute Gasteiger partial charge is 0.382 e. The minimum absolute atomic E-state index is 0.571. The topological polar surface area (TPSA) is 54.7 Å². The first kappa shape index (κ1) is 8.81. The minimum atomic E-state index is 0.571. The quantitative estimate of drug-likeness (QED) is 0.719. The number of nitrogens with one attached hydrogen (secondary N) is 1.